The molecule has 134 valence electrons. The molecular formula is C21H14ClIN2O2. The third kappa shape index (κ3) is 3.70. The van der Waals surface area contributed by atoms with Crippen LogP contribution in [0.15, 0.2) is 65.1 Å². The number of anilines is 1. The SMILES string of the molecule is Cc1ccc(-c2nc3cc(NC(=O)c4ccccc4I)ccc3o2)cc1Cl. The Labute approximate surface area is 174 Å². The summed E-state index contributed by atoms with van der Waals surface area (Å²) in [5.74, 6) is 0.335. The molecule has 27 heavy (non-hydrogen) atoms. The van der Waals surface area contributed by atoms with Crippen LogP contribution in [0, 0.1) is 10.5 Å². The summed E-state index contributed by atoms with van der Waals surface area (Å²) in [4.78, 5) is 17.0. The molecule has 0 aliphatic rings. The van der Waals surface area contributed by atoms with E-state index in [2.05, 4.69) is 32.9 Å². The van der Waals surface area contributed by atoms with Crippen molar-refractivity contribution in [1.29, 1.82) is 0 Å². The van der Waals surface area contributed by atoms with E-state index in [-0.39, 0.29) is 5.91 Å². The number of fused-ring (bicyclic) bond motifs is 1. The van der Waals surface area contributed by atoms with E-state index >= 15 is 0 Å². The van der Waals surface area contributed by atoms with Gasteiger partial charge < -0.3 is 9.73 Å². The standard InChI is InChI=1S/C21H14ClIN2O2/c1-12-6-7-13(10-16(12)22)21-25-18-11-14(8-9-19(18)27-21)24-20(26)15-4-2-3-5-17(15)23/h2-11H,1H3,(H,24,26). The molecule has 0 unspecified atom stereocenters. The molecule has 0 aliphatic carbocycles. The number of halogens is 2. The minimum atomic E-state index is -0.159. The highest BCUT2D eigenvalue weighted by Crippen LogP contribution is 2.29. The van der Waals surface area contributed by atoms with Crippen LogP contribution in [0.5, 0.6) is 0 Å². The molecule has 0 fully saturated rings. The molecule has 4 aromatic rings. The van der Waals surface area contributed by atoms with E-state index in [4.69, 9.17) is 16.0 Å². The number of nitrogens with zero attached hydrogens (tertiary/aromatic N) is 1. The van der Waals surface area contributed by atoms with Gasteiger partial charge in [0.05, 0.1) is 5.56 Å². The van der Waals surface area contributed by atoms with Gasteiger partial charge in [-0.25, -0.2) is 4.98 Å². The highest BCUT2D eigenvalue weighted by atomic mass is 127. The Balaban J connectivity index is 1.64. The van der Waals surface area contributed by atoms with Crippen molar-refractivity contribution in [1.82, 2.24) is 4.98 Å². The largest absolute Gasteiger partial charge is 0.436 e. The molecule has 0 saturated carbocycles. The van der Waals surface area contributed by atoms with Crippen LogP contribution in [0.25, 0.3) is 22.6 Å². The lowest BCUT2D eigenvalue weighted by molar-refractivity contribution is 0.102. The first-order valence-corrected chi connectivity index (χ1v) is 9.70. The third-order valence-corrected chi connectivity index (χ3v) is 5.53. The van der Waals surface area contributed by atoms with E-state index < -0.39 is 0 Å². The number of nitrogens with one attached hydrogen (secondary N) is 1. The van der Waals surface area contributed by atoms with E-state index in [1.807, 2.05) is 43.3 Å². The van der Waals surface area contributed by atoms with Gasteiger partial charge in [-0.1, -0.05) is 29.8 Å². The Morgan fingerprint density at radius 3 is 2.70 bits per heavy atom. The Kier molecular flexibility index (Phi) is 4.88. The number of rotatable bonds is 3. The molecule has 4 rings (SSSR count). The second kappa shape index (κ2) is 7.32. The molecular weight excluding hydrogens is 475 g/mol. The van der Waals surface area contributed by atoms with Gasteiger partial charge in [-0.15, -0.1) is 0 Å². The third-order valence-electron chi connectivity index (χ3n) is 4.18. The van der Waals surface area contributed by atoms with Gasteiger partial charge in [0.2, 0.25) is 5.89 Å². The average Bonchev–Trinajstić information content (AvgIpc) is 3.07. The molecule has 0 spiro atoms. The fraction of sp³-hybridized carbons (Fsp3) is 0.0476. The number of amides is 1. The van der Waals surface area contributed by atoms with Crippen LogP contribution in [-0.2, 0) is 0 Å². The normalized spacial score (nSPS) is 10.9. The lowest BCUT2D eigenvalue weighted by Crippen LogP contribution is -2.13. The van der Waals surface area contributed by atoms with Gasteiger partial charge in [0, 0.05) is 19.8 Å². The number of hydrogen-bond donors (Lipinski definition) is 1. The van der Waals surface area contributed by atoms with Crippen molar-refractivity contribution in [3.05, 3.63) is 80.4 Å². The summed E-state index contributed by atoms with van der Waals surface area (Å²) in [6, 6.07) is 18.5. The molecule has 1 amide bonds. The number of aryl methyl sites for hydroxylation is 1. The highest BCUT2D eigenvalue weighted by molar-refractivity contribution is 14.1. The zero-order chi connectivity index (χ0) is 19.0. The smallest absolute Gasteiger partial charge is 0.256 e. The summed E-state index contributed by atoms with van der Waals surface area (Å²) in [7, 11) is 0. The second-order valence-electron chi connectivity index (χ2n) is 6.10. The lowest BCUT2D eigenvalue weighted by atomic mass is 10.1. The first-order chi connectivity index (χ1) is 13.0. The van der Waals surface area contributed by atoms with Crippen molar-refractivity contribution in [3.63, 3.8) is 0 Å². The van der Waals surface area contributed by atoms with Crippen LogP contribution in [0.4, 0.5) is 5.69 Å². The minimum Gasteiger partial charge on any atom is -0.436 e. The maximum absolute atomic E-state index is 12.5. The number of hydrogen-bond acceptors (Lipinski definition) is 3. The molecule has 0 saturated heterocycles. The Hall–Kier alpha value is -2.38. The predicted molar refractivity (Wildman–Crippen MR) is 116 cm³/mol. The summed E-state index contributed by atoms with van der Waals surface area (Å²) in [5.41, 5.74) is 4.42. The molecule has 0 aliphatic heterocycles. The first-order valence-electron chi connectivity index (χ1n) is 8.24. The molecule has 1 N–H and O–H groups in total. The first kappa shape index (κ1) is 18.0. The maximum atomic E-state index is 12.5. The van der Waals surface area contributed by atoms with Crippen molar-refractivity contribution in [2.45, 2.75) is 6.92 Å². The van der Waals surface area contributed by atoms with Gasteiger partial charge in [-0.05, 0) is 77.5 Å². The quantitative estimate of drug-likeness (QED) is 0.344. The van der Waals surface area contributed by atoms with Gasteiger partial charge in [-0.3, -0.25) is 4.79 Å². The van der Waals surface area contributed by atoms with Crippen LogP contribution >= 0.6 is 34.2 Å². The molecule has 4 nitrogen and oxygen atoms in total. The van der Waals surface area contributed by atoms with E-state index in [0.29, 0.717) is 33.3 Å². The summed E-state index contributed by atoms with van der Waals surface area (Å²) in [5, 5.41) is 3.58. The fourth-order valence-electron chi connectivity index (χ4n) is 2.70. The maximum Gasteiger partial charge on any atom is 0.256 e. The molecule has 1 heterocycles. The summed E-state index contributed by atoms with van der Waals surface area (Å²) in [6.45, 7) is 1.95. The van der Waals surface area contributed by atoms with Gasteiger partial charge in [0.15, 0.2) is 5.58 Å². The van der Waals surface area contributed by atoms with E-state index in [1.54, 1.807) is 24.3 Å². The van der Waals surface area contributed by atoms with Crippen molar-refractivity contribution in [3.8, 4) is 11.5 Å². The number of benzene rings is 3. The van der Waals surface area contributed by atoms with Gasteiger partial charge >= 0.3 is 0 Å². The van der Waals surface area contributed by atoms with Gasteiger partial charge in [0.25, 0.3) is 5.91 Å². The van der Waals surface area contributed by atoms with Crippen molar-refractivity contribution < 1.29 is 9.21 Å². The van der Waals surface area contributed by atoms with Gasteiger partial charge in [-0.2, -0.15) is 0 Å². The molecule has 0 atom stereocenters. The lowest BCUT2D eigenvalue weighted by Gasteiger charge is -2.06. The molecule has 0 bridgehead atoms. The fourth-order valence-corrected chi connectivity index (χ4v) is 3.51. The van der Waals surface area contributed by atoms with Crippen LogP contribution in [0.1, 0.15) is 15.9 Å². The summed E-state index contributed by atoms with van der Waals surface area (Å²) < 4.78 is 6.73. The van der Waals surface area contributed by atoms with E-state index in [9.17, 15) is 4.79 Å². The number of carbonyl (C=O) groups is 1. The van der Waals surface area contributed by atoms with E-state index in [1.165, 1.54) is 0 Å². The average molecular weight is 489 g/mol. The van der Waals surface area contributed by atoms with Crippen molar-refractivity contribution >= 4 is 56.9 Å². The Morgan fingerprint density at radius 1 is 1.11 bits per heavy atom. The van der Waals surface area contributed by atoms with Crippen molar-refractivity contribution in [2.75, 3.05) is 5.32 Å². The zero-order valence-electron chi connectivity index (χ0n) is 14.3. The number of carbonyl (C=O) groups excluding carboxylic acids is 1. The zero-order valence-corrected chi connectivity index (χ0v) is 17.2. The Bertz CT molecular complexity index is 1170. The molecule has 0 radical (unpaired) electrons. The summed E-state index contributed by atoms with van der Waals surface area (Å²) in [6.07, 6.45) is 0. The number of oxazole rings is 1. The van der Waals surface area contributed by atoms with E-state index in [0.717, 1.165) is 14.7 Å². The molecule has 1 aromatic heterocycles. The Morgan fingerprint density at radius 2 is 1.93 bits per heavy atom. The van der Waals surface area contributed by atoms with Crippen LogP contribution < -0.4 is 5.32 Å². The molecule has 6 heteroatoms. The second-order valence-corrected chi connectivity index (χ2v) is 7.67. The topological polar surface area (TPSA) is 55.1 Å². The highest BCUT2D eigenvalue weighted by Gasteiger charge is 2.13. The van der Waals surface area contributed by atoms with Crippen LogP contribution in [0.3, 0.4) is 0 Å². The number of aromatic nitrogens is 1. The summed E-state index contributed by atoms with van der Waals surface area (Å²) >= 11 is 8.35. The van der Waals surface area contributed by atoms with Crippen LogP contribution in [-0.4, -0.2) is 10.9 Å². The molecule has 3 aromatic carbocycles. The van der Waals surface area contributed by atoms with Crippen LogP contribution in [0.2, 0.25) is 5.02 Å². The van der Waals surface area contributed by atoms with Gasteiger partial charge in [0.1, 0.15) is 5.52 Å². The predicted octanol–water partition coefficient (Wildman–Crippen LogP) is 6.31. The minimum absolute atomic E-state index is 0.159. The monoisotopic (exact) mass is 488 g/mol. The van der Waals surface area contributed by atoms with Crippen molar-refractivity contribution in [2.24, 2.45) is 0 Å².